The molecule has 8 heteroatoms. The molecule has 0 aromatic heterocycles. The lowest BCUT2D eigenvalue weighted by Gasteiger charge is -2.32. The highest BCUT2D eigenvalue weighted by atomic mass is 35.5. The molecule has 0 saturated carbocycles. The molecule has 21 heavy (non-hydrogen) atoms. The summed E-state index contributed by atoms with van der Waals surface area (Å²) in [4.78, 5) is 0. The average molecular weight is 341 g/mol. The fourth-order valence-electron chi connectivity index (χ4n) is 1.96. The normalized spacial score (nSPS) is 20.9. The highest BCUT2D eigenvalue weighted by Crippen LogP contribution is 2.39. The molecule has 0 radical (unpaired) electrons. The van der Waals surface area contributed by atoms with Gasteiger partial charge in [-0.1, -0.05) is 23.2 Å². The van der Waals surface area contributed by atoms with Gasteiger partial charge < -0.3 is 9.31 Å². The Morgan fingerprint density at radius 1 is 1.00 bits per heavy atom. The first kappa shape index (κ1) is 16.9. The lowest BCUT2D eigenvalue weighted by Crippen LogP contribution is -2.41. The van der Waals surface area contributed by atoms with Crippen molar-refractivity contribution in [3.8, 4) is 0 Å². The van der Waals surface area contributed by atoms with E-state index in [9.17, 15) is 13.2 Å². The zero-order chi connectivity index (χ0) is 16.2. The molecule has 0 bridgehead atoms. The van der Waals surface area contributed by atoms with Gasteiger partial charge in [0, 0.05) is 10.5 Å². The van der Waals surface area contributed by atoms with E-state index in [2.05, 4.69) is 0 Å². The number of halogens is 5. The van der Waals surface area contributed by atoms with Crippen LogP contribution in [0.5, 0.6) is 0 Å². The van der Waals surface area contributed by atoms with Gasteiger partial charge >= 0.3 is 13.3 Å². The van der Waals surface area contributed by atoms with Crippen molar-refractivity contribution in [2.75, 3.05) is 0 Å². The maximum atomic E-state index is 13.0. The highest BCUT2D eigenvalue weighted by Gasteiger charge is 2.53. The third kappa shape index (κ3) is 3.04. The molecule has 116 valence electrons. The van der Waals surface area contributed by atoms with Gasteiger partial charge in [-0.25, -0.2) is 0 Å². The Morgan fingerprint density at radius 2 is 1.48 bits per heavy atom. The third-order valence-corrected chi connectivity index (χ3v) is 4.52. The van der Waals surface area contributed by atoms with Crippen LogP contribution in [0.4, 0.5) is 13.2 Å². The van der Waals surface area contributed by atoms with E-state index in [-0.39, 0.29) is 10.5 Å². The standard InChI is InChI=1S/C13H14BCl2F3O2/c1-11(2)12(3,4)21-14(20-11)9-6-7(15)5-8(10(9)16)13(17,18)19/h5-6H,1-4H3. The number of rotatable bonds is 1. The fraction of sp³-hybridized carbons (Fsp3) is 0.538. The molecule has 1 aromatic carbocycles. The van der Waals surface area contributed by atoms with Gasteiger partial charge in [0.05, 0.1) is 21.8 Å². The van der Waals surface area contributed by atoms with E-state index in [1.165, 1.54) is 6.07 Å². The van der Waals surface area contributed by atoms with Gasteiger partial charge in [-0.3, -0.25) is 0 Å². The first-order valence-corrected chi connectivity index (χ1v) is 7.02. The van der Waals surface area contributed by atoms with Crippen molar-refractivity contribution < 1.29 is 22.5 Å². The van der Waals surface area contributed by atoms with Crippen LogP contribution < -0.4 is 5.46 Å². The van der Waals surface area contributed by atoms with Gasteiger partial charge in [-0.15, -0.1) is 0 Å². The molecule has 1 aliphatic rings. The number of hydrogen-bond acceptors (Lipinski definition) is 2. The Kier molecular flexibility index (Phi) is 4.07. The zero-order valence-corrected chi connectivity index (χ0v) is 13.5. The van der Waals surface area contributed by atoms with Gasteiger partial charge in [0.25, 0.3) is 0 Å². The summed E-state index contributed by atoms with van der Waals surface area (Å²) in [6.07, 6.45) is -4.60. The molecule has 0 amide bonds. The Balaban J connectivity index is 2.50. The van der Waals surface area contributed by atoms with Crippen molar-refractivity contribution in [1.29, 1.82) is 0 Å². The molecule has 1 aromatic rings. The minimum atomic E-state index is -4.60. The van der Waals surface area contributed by atoms with E-state index in [0.29, 0.717) is 0 Å². The van der Waals surface area contributed by atoms with Crippen LogP contribution in [-0.4, -0.2) is 18.3 Å². The van der Waals surface area contributed by atoms with E-state index < -0.39 is 35.1 Å². The van der Waals surface area contributed by atoms with Crippen LogP contribution in [0, 0.1) is 0 Å². The molecule has 1 fully saturated rings. The fourth-order valence-corrected chi connectivity index (χ4v) is 2.49. The lowest BCUT2D eigenvalue weighted by atomic mass is 9.78. The van der Waals surface area contributed by atoms with Gasteiger partial charge in [-0.05, 0) is 39.8 Å². The van der Waals surface area contributed by atoms with Crippen LogP contribution in [0.15, 0.2) is 12.1 Å². The summed E-state index contributed by atoms with van der Waals surface area (Å²) in [6, 6.07) is 2.12. The first-order chi connectivity index (χ1) is 9.35. The van der Waals surface area contributed by atoms with Crippen LogP contribution in [0.1, 0.15) is 33.3 Å². The summed E-state index contributed by atoms with van der Waals surface area (Å²) in [6.45, 7) is 7.21. The second kappa shape index (κ2) is 5.05. The zero-order valence-electron chi connectivity index (χ0n) is 11.9. The largest absolute Gasteiger partial charge is 0.496 e. The van der Waals surface area contributed by atoms with E-state index in [1.54, 1.807) is 27.7 Å². The summed E-state index contributed by atoms with van der Waals surface area (Å²) in [5.41, 5.74) is -2.28. The van der Waals surface area contributed by atoms with Crippen LogP contribution in [0.25, 0.3) is 0 Å². The third-order valence-electron chi connectivity index (χ3n) is 3.88. The average Bonchev–Trinajstić information content (AvgIpc) is 2.49. The Bertz CT molecular complexity index is 557. The molecule has 0 atom stereocenters. The lowest BCUT2D eigenvalue weighted by molar-refractivity contribution is -0.137. The summed E-state index contributed by atoms with van der Waals surface area (Å²) in [5.74, 6) is 0. The SMILES string of the molecule is CC1(C)OB(c2cc(Cl)cc(C(F)(F)F)c2Cl)OC1(C)C. The molecule has 2 rings (SSSR count). The minimum Gasteiger partial charge on any atom is -0.399 e. The second-order valence-corrected chi connectivity index (χ2v) is 6.76. The maximum Gasteiger partial charge on any atom is 0.496 e. The Labute approximate surface area is 131 Å². The van der Waals surface area contributed by atoms with E-state index in [4.69, 9.17) is 32.5 Å². The van der Waals surface area contributed by atoms with Crippen molar-refractivity contribution in [3.05, 3.63) is 27.7 Å². The van der Waals surface area contributed by atoms with Crippen LogP contribution in [0.3, 0.4) is 0 Å². The van der Waals surface area contributed by atoms with Crippen molar-refractivity contribution in [2.45, 2.75) is 45.1 Å². The van der Waals surface area contributed by atoms with Crippen molar-refractivity contribution in [3.63, 3.8) is 0 Å². The van der Waals surface area contributed by atoms with E-state index in [1.807, 2.05) is 0 Å². The van der Waals surface area contributed by atoms with Gasteiger partial charge in [0.15, 0.2) is 0 Å². The van der Waals surface area contributed by atoms with Crippen LogP contribution in [0.2, 0.25) is 10.0 Å². The summed E-state index contributed by atoms with van der Waals surface area (Å²) in [7, 11) is -0.998. The number of alkyl halides is 3. The predicted octanol–water partition coefficient (Wildman–Crippen LogP) is 4.31. The molecule has 1 heterocycles. The molecule has 0 unspecified atom stereocenters. The minimum absolute atomic E-state index is 0.0727. The monoisotopic (exact) mass is 340 g/mol. The van der Waals surface area contributed by atoms with Gasteiger partial charge in [0.1, 0.15) is 0 Å². The maximum absolute atomic E-state index is 13.0. The van der Waals surface area contributed by atoms with Crippen molar-refractivity contribution in [2.24, 2.45) is 0 Å². The molecule has 1 saturated heterocycles. The van der Waals surface area contributed by atoms with Crippen LogP contribution in [-0.2, 0) is 15.5 Å². The van der Waals surface area contributed by atoms with Crippen molar-refractivity contribution >= 4 is 35.8 Å². The topological polar surface area (TPSA) is 18.5 Å². The first-order valence-electron chi connectivity index (χ1n) is 6.27. The second-order valence-electron chi connectivity index (χ2n) is 5.94. The van der Waals surface area contributed by atoms with Gasteiger partial charge in [-0.2, -0.15) is 13.2 Å². The quantitative estimate of drug-likeness (QED) is 0.709. The molecule has 0 N–H and O–H groups in total. The predicted molar refractivity (Wildman–Crippen MR) is 77.2 cm³/mol. The van der Waals surface area contributed by atoms with Crippen LogP contribution >= 0.6 is 23.2 Å². The smallest absolute Gasteiger partial charge is 0.399 e. The molecule has 1 aliphatic heterocycles. The Morgan fingerprint density at radius 3 is 1.90 bits per heavy atom. The van der Waals surface area contributed by atoms with E-state index >= 15 is 0 Å². The van der Waals surface area contributed by atoms with Crippen molar-refractivity contribution in [1.82, 2.24) is 0 Å². The van der Waals surface area contributed by atoms with E-state index in [0.717, 1.165) is 6.07 Å². The number of benzene rings is 1. The summed E-state index contributed by atoms with van der Waals surface area (Å²) < 4.78 is 50.4. The van der Waals surface area contributed by atoms with Gasteiger partial charge in [0.2, 0.25) is 0 Å². The summed E-state index contributed by atoms with van der Waals surface area (Å²) >= 11 is 11.7. The number of hydrogen-bond donors (Lipinski definition) is 0. The highest BCUT2D eigenvalue weighted by molar-refractivity contribution is 6.66. The molecular weight excluding hydrogens is 327 g/mol. The summed E-state index contributed by atoms with van der Waals surface area (Å²) in [5, 5.41) is -0.526. The molecule has 0 aliphatic carbocycles. The molecule has 0 spiro atoms. The molecular formula is C13H14BCl2F3O2. The Hall–Kier alpha value is -0.425. The molecule has 2 nitrogen and oxygen atoms in total.